The number of carbonyl (C=O) groups is 1. The molecule has 0 saturated carbocycles. The van der Waals surface area contributed by atoms with Crippen molar-refractivity contribution >= 4 is 27.5 Å². The Balaban J connectivity index is 2.08. The quantitative estimate of drug-likeness (QED) is 0.782. The molecule has 0 aliphatic carbocycles. The number of nitrogens with one attached hydrogen (secondary N) is 1. The van der Waals surface area contributed by atoms with Gasteiger partial charge in [-0.05, 0) is 32.0 Å². The second-order valence-electron chi connectivity index (χ2n) is 6.54. The van der Waals surface area contributed by atoms with E-state index in [1.54, 1.807) is 4.90 Å². The first kappa shape index (κ1) is 21.9. The number of piperazine rings is 1. The van der Waals surface area contributed by atoms with E-state index in [0.717, 1.165) is 16.4 Å². The van der Waals surface area contributed by atoms with E-state index in [0.29, 0.717) is 19.2 Å². The van der Waals surface area contributed by atoms with E-state index in [1.807, 2.05) is 13.8 Å². The van der Waals surface area contributed by atoms with Gasteiger partial charge in [-0.3, -0.25) is 9.69 Å². The minimum atomic E-state index is -4.74. The Morgan fingerprint density at radius 3 is 2.33 bits per heavy atom. The SMILES string of the molecule is CC(C)NC(=O)CN1CCN(S(=O)(=O)c2ccc(Cl)c(C(F)(F)F)c2)CC1. The zero-order valence-electron chi connectivity index (χ0n) is 14.9. The molecular weight excluding hydrogens is 407 g/mol. The Hall–Kier alpha value is -1.36. The average molecular weight is 428 g/mol. The van der Waals surface area contributed by atoms with E-state index in [-0.39, 0.29) is 31.6 Å². The summed E-state index contributed by atoms with van der Waals surface area (Å²) < 4.78 is 65.4. The van der Waals surface area contributed by atoms with Gasteiger partial charge in [-0.25, -0.2) is 8.42 Å². The van der Waals surface area contributed by atoms with Crippen molar-refractivity contribution in [2.45, 2.75) is 31.0 Å². The minimum absolute atomic E-state index is 0.00639. The maximum atomic E-state index is 13.0. The number of benzene rings is 1. The van der Waals surface area contributed by atoms with Gasteiger partial charge in [0.25, 0.3) is 0 Å². The van der Waals surface area contributed by atoms with Crippen molar-refractivity contribution in [1.29, 1.82) is 0 Å². The van der Waals surface area contributed by atoms with Crippen LogP contribution in [0.3, 0.4) is 0 Å². The van der Waals surface area contributed by atoms with Crippen molar-refractivity contribution in [2.75, 3.05) is 32.7 Å². The molecule has 1 aliphatic rings. The third-order valence-electron chi connectivity index (χ3n) is 4.03. The predicted octanol–water partition coefficient (Wildman–Crippen LogP) is 2.19. The number of amides is 1. The van der Waals surface area contributed by atoms with Gasteiger partial charge in [0.1, 0.15) is 0 Å². The largest absolute Gasteiger partial charge is 0.417 e. The molecule has 0 radical (unpaired) electrons. The third kappa shape index (κ3) is 5.56. The lowest BCUT2D eigenvalue weighted by molar-refractivity contribution is -0.137. The molecule has 11 heteroatoms. The number of hydrogen-bond donors (Lipinski definition) is 1. The van der Waals surface area contributed by atoms with E-state index in [9.17, 15) is 26.4 Å². The molecule has 6 nitrogen and oxygen atoms in total. The summed E-state index contributed by atoms with van der Waals surface area (Å²) in [7, 11) is -4.08. The fourth-order valence-electron chi connectivity index (χ4n) is 2.73. The lowest BCUT2D eigenvalue weighted by atomic mass is 10.2. The number of sulfonamides is 1. The normalized spacial score (nSPS) is 17.3. The van der Waals surface area contributed by atoms with Gasteiger partial charge in [-0.1, -0.05) is 11.6 Å². The molecule has 1 fully saturated rings. The molecule has 0 unspecified atom stereocenters. The van der Waals surface area contributed by atoms with Gasteiger partial charge >= 0.3 is 6.18 Å². The topological polar surface area (TPSA) is 69.7 Å². The Morgan fingerprint density at radius 2 is 1.81 bits per heavy atom. The maximum absolute atomic E-state index is 13.0. The van der Waals surface area contributed by atoms with Crippen LogP contribution >= 0.6 is 11.6 Å². The van der Waals surface area contributed by atoms with Crippen molar-refractivity contribution in [3.05, 3.63) is 28.8 Å². The number of carbonyl (C=O) groups excluding carboxylic acids is 1. The smallest absolute Gasteiger partial charge is 0.353 e. The molecule has 1 amide bonds. The highest BCUT2D eigenvalue weighted by molar-refractivity contribution is 7.89. The highest BCUT2D eigenvalue weighted by Crippen LogP contribution is 2.36. The van der Waals surface area contributed by atoms with Gasteiger partial charge < -0.3 is 5.32 Å². The summed E-state index contributed by atoms with van der Waals surface area (Å²) in [5, 5.41) is 2.20. The Kier molecular flexibility index (Phi) is 6.77. The number of rotatable bonds is 5. The molecule has 0 aromatic heterocycles. The summed E-state index contributed by atoms with van der Waals surface area (Å²) in [4.78, 5) is 13.1. The van der Waals surface area contributed by atoms with Crippen molar-refractivity contribution in [3.8, 4) is 0 Å². The van der Waals surface area contributed by atoms with E-state index in [4.69, 9.17) is 11.6 Å². The van der Waals surface area contributed by atoms with Gasteiger partial charge in [0.2, 0.25) is 15.9 Å². The van der Waals surface area contributed by atoms with E-state index in [2.05, 4.69) is 5.32 Å². The Bertz CT molecular complexity index is 792. The predicted molar refractivity (Wildman–Crippen MR) is 94.9 cm³/mol. The third-order valence-corrected chi connectivity index (χ3v) is 6.25. The van der Waals surface area contributed by atoms with Gasteiger partial charge in [-0.2, -0.15) is 17.5 Å². The molecule has 27 heavy (non-hydrogen) atoms. The first-order valence-corrected chi connectivity index (χ1v) is 10.1. The van der Waals surface area contributed by atoms with Crippen LogP contribution in [0, 0.1) is 0 Å². The first-order chi connectivity index (χ1) is 12.4. The molecule has 1 N–H and O–H groups in total. The van der Waals surface area contributed by atoms with Gasteiger partial charge in [0.05, 0.1) is 22.0 Å². The van der Waals surface area contributed by atoms with Crippen LogP contribution in [-0.4, -0.2) is 62.3 Å². The lowest BCUT2D eigenvalue weighted by Gasteiger charge is -2.33. The standard InChI is InChI=1S/C16H21ClF3N3O3S/c1-11(2)21-15(24)10-22-5-7-23(8-6-22)27(25,26)12-3-4-14(17)13(9-12)16(18,19)20/h3-4,9,11H,5-8,10H2,1-2H3,(H,21,24). The summed E-state index contributed by atoms with van der Waals surface area (Å²) >= 11 is 5.55. The Labute approximate surface area is 161 Å². The second kappa shape index (κ2) is 8.34. The van der Waals surface area contributed by atoms with Crippen LogP contribution in [0.4, 0.5) is 13.2 Å². The molecule has 152 valence electrons. The van der Waals surface area contributed by atoms with Crippen LogP contribution < -0.4 is 5.32 Å². The minimum Gasteiger partial charge on any atom is -0.353 e. The summed E-state index contributed by atoms with van der Waals surface area (Å²) in [5.41, 5.74) is -1.19. The zero-order valence-corrected chi connectivity index (χ0v) is 16.5. The summed E-state index contributed by atoms with van der Waals surface area (Å²) in [6.07, 6.45) is -4.74. The molecule has 2 rings (SSSR count). The lowest BCUT2D eigenvalue weighted by Crippen LogP contribution is -2.51. The van der Waals surface area contributed by atoms with Crippen LogP contribution in [0.1, 0.15) is 19.4 Å². The van der Waals surface area contributed by atoms with Crippen LogP contribution in [0.25, 0.3) is 0 Å². The fourth-order valence-corrected chi connectivity index (χ4v) is 4.40. The highest BCUT2D eigenvalue weighted by Gasteiger charge is 2.36. The van der Waals surface area contributed by atoms with Gasteiger partial charge in [0.15, 0.2) is 0 Å². The molecule has 1 aliphatic heterocycles. The second-order valence-corrected chi connectivity index (χ2v) is 8.89. The van der Waals surface area contributed by atoms with Crippen molar-refractivity contribution < 1.29 is 26.4 Å². The van der Waals surface area contributed by atoms with Gasteiger partial charge in [-0.15, -0.1) is 0 Å². The van der Waals surface area contributed by atoms with Crippen molar-refractivity contribution in [2.24, 2.45) is 0 Å². The number of hydrogen-bond acceptors (Lipinski definition) is 4. The molecule has 0 atom stereocenters. The van der Waals surface area contributed by atoms with Crippen LogP contribution in [0.5, 0.6) is 0 Å². The number of halogens is 4. The van der Waals surface area contributed by atoms with Crippen molar-refractivity contribution in [3.63, 3.8) is 0 Å². The summed E-state index contributed by atoms with van der Waals surface area (Å²) in [5.74, 6) is -0.158. The zero-order chi connectivity index (χ0) is 20.4. The molecule has 1 aromatic rings. The fraction of sp³-hybridized carbons (Fsp3) is 0.562. The average Bonchev–Trinajstić information content (AvgIpc) is 2.53. The molecular formula is C16H21ClF3N3O3S. The Morgan fingerprint density at radius 1 is 1.22 bits per heavy atom. The van der Waals surface area contributed by atoms with Crippen molar-refractivity contribution in [1.82, 2.24) is 14.5 Å². The van der Waals surface area contributed by atoms with E-state index in [1.165, 1.54) is 0 Å². The molecule has 1 saturated heterocycles. The van der Waals surface area contributed by atoms with Crippen LogP contribution in [0.15, 0.2) is 23.1 Å². The number of nitrogens with zero attached hydrogens (tertiary/aromatic N) is 2. The maximum Gasteiger partial charge on any atom is 0.417 e. The molecule has 1 heterocycles. The molecule has 1 aromatic carbocycles. The number of alkyl halides is 3. The first-order valence-electron chi connectivity index (χ1n) is 8.30. The van der Waals surface area contributed by atoms with E-state index < -0.39 is 31.7 Å². The van der Waals surface area contributed by atoms with Crippen LogP contribution in [-0.2, 0) is 21.0 Å². The highest BCUT2D eigenvalue weighted by atomic mass is 35.5. The summed E-state index contributed by atoms with van der Waals surface area (Å²) in [6, 6.07) is 2.56. The monoisotopic (exact) mass is 427 g/mol. The van der Waals surface area contributed by atoms with E-state index >= 15 is 0 Å². The van der Waals surface area contributed by atoms with Gasteiger partial charge in [0, 0.05) is 32.2 Å². The van der Waals surface area contributed by atoms with Crippen LogP contribution in [0.2, 0.25) is 5.02 Å². The molecule has 0 spiro atoms. The molecule has 0 bridgehead atoms. The summed E-state index contributed by atoms with van der Waals surface area (Å²) in [6.45, 7) is 4.61.